The molecule has 1 fully saturated rings. The van der Waals surface area contributed by atoms with Crippen LogP contribution in [0.15, 0.2) is 22.4 Å². The van der Waals surface area contributed by atoms with E-state index in [1.807, 2.05) is 30.5 Å². The molecule has 5 rings (SSSR count). The fraction of sp³-hybridized carbons (Fsp3) is 0.429. The minimum Gasteiger partial charge on any atom is -0.476 e. The maximum absolute atomic E-state index is 13.3. The molecule has 150 valence electrons. The zero-order chi connectivity index (χ0) is 20.3. The van der Waals surface area contributed by atoms with Gasteiger partial charge in [-0.15, -0.1) is 11.3 Å². The topological polar surface area (TPSA) is 97.1 Å². The highest BCUT2D eigenvalue weighted by Crippen LogP contribution is 2.49. The van der Waals surface area contributed by atoms with Crippen LogP contribution in [0.3, 0.4) is 0 Å². The van der Waals surface area contributed by atoms with Gasteiger partial charge in [0.05, 0.1) is 22.5 Å². The fourth-order valence-corrected chi connectivity index (χ4v) is 5.49. The van der Waals surface area contributed by atoms with E-state index in [-0.39, 0.29) is 22.7 Å². The van der Waals surface area contributed by atoms with Crippen LogP contribution in [0, 0.1) is 6.92 Å². The molecule has 1 aliphatic heterocycles. The number of carbonyl (C=O) groups is 1. The number of carboxylic acid groups (broad SMARTS) is 1. The van der Waals surface area contributed by atoms with E-state index in [1.165, 1.54) is 23.3 Å². The van der Waals surface area contributed by atoms with Crippen molar-refractivity contribution in [1.29, 1.82) is 0 Å². The lowest BCUT2D eigenvalue weighted by molar-refractivity contribution is 0.0692. The van der Waals surface area contributed by atoms with E-state index < -0.39 is 5.97 Å². The van der Waals surface area contributed by atoms with Crippen molar-refractivity contribution >= 4 is 33.2 Å². The highest BCUT2D eigenvalue weighted by atomic mass is 32.1. The molecular weight excluding hydrogens is 388 g/mol. The smallest absolute Gasteiger partial charge is 0.357 e. The summed E-state index contributed by atoms with van der Waals surface area (Å²) in [6.07, 6.45) is 4.39. The number of fused-ring (bicyclic) bond motifs is 3. The highest BCUT2D eigenvalue weighted by Gasteiger charge is 2.46. The number of rotatable bonds is 4. The highest BCUT2D eigenvalue weighted by molar-refractivity contribution is 7.14. The predicted octanol–water partition coefficient (Wildman–Crippen LogP) is 3.86. The normalized spacial score (nSPS) is 17.9. The number of aromatic nitrogens is 3. The summed E-state index contributed by atoms with van der Waals surface area (Å²) in [5.74, 6) is -0.126. The van der Waals surface area contributed by atoms with Crippen molar-refractivity contribution < 1.29 is 9.90 Å². The van der Waals surface area contributed by atoms with Gasteiger partial charge in [-0.1, -0.05) is 12.5 Å². The van der Waals surface area contributed by atoms with Crippen molar-refractivity contribution in [3.05, 3.63) is 50.6 Å². The third kappa shape index (κ3) is 2.69. The summed E-state index contributed by atoms with van der Waals surface area (Å²) in [4.78, 5) is 33.6. The molecular formula is C21H22N4O3S. The number of hydrogen-bond donors (Lipinski definition) is 2. The summed E-state index contributed by atoms with van der Waals surface area (Å²) in [5.41, 5.74) is 4.26. The van der Waals surface area contributed by atoms with Crippen LogP contribution in [0.4, 0.5) is 5.00 Å². The summed E-state index contributed by atoms with van der Waals surface area (Å²) in [6.45, 7) is 4.68. The second kappa shape index (κ2) is 6.38. The van der Waals surface area contributed by atoms with E-state index in [4.69, 9.17) is 4.98 Å². The van der Waals surface area contributed by atoms with Crippen molar-refractivity contribution in [2.24, 2.45) is 0 Å². The Kier molecular flexibility index (Phi) is 4.03. The average Bonchev–Trinajstić information content (AvgIpc) is 3.26. The van der Waals surface area contributed by atoms with E-state index in [9.17, 15) is 14.7 Å². The van der Waals surface area contributed by atoms with Crippen LogP contribution < -0.4 is 10.9 Å². The zero-order valence-corrected chi connectivity index (χ0v) is 17.2. The third-order valence-electron chi connectivity index (χ3n) is 6.42. The maximum atomic E-state index is 13.3. The summed E-state index contributed by atoms with van der Waals surface area (Å²) in [7, 11) is 0. The Hall–Kier alpha value is -2.74. The molecule has 0 bridgehead atoms. The molecule has 2 aromatic heterocycles. The van der Waals surface area contributed by atoms with Gasteiger partial charge in [-0.05, 0) is 44.7 Å². The number of anilines is 1. The first kappa shape index (κ1) is 18.3. The third-order valence-corrected chi connectivity index (χ3v) is 7.17. The molecule has 2 N–H and O–H groups in total. The van der Waals surface area contributed by atoms with E-state index in [0.717, 1.165) is 48.3 Å². The van der Waals surface area contributed by atoms with Gasteiger partial charge in [0.25, 0.3) is 5.56 Å². The monoisotopic (exact) mass is 410 g/mol. The van der Waals surface area contributed by atoms with Crippen LogP contribution in [-0.4, -0.2) is 25.6 Å². The van der Waals surface area contributed by atoms with Crippen LogP contribution >= 0.6 is 11.3 Å². The van der Waals surface area contributed by atoms with Gasteiger partial charge in [0.1, 0.15) is 10.8 Å². The molecule has 1 atom stereocenters. The molecule has 29 heavy (non-hydrogen) atoms. The first-order chi connectivity index (χ1) is 13.9. The largest absolute Gasteiger partial charge is 0.476 e. The lowest BCUT2D eigenvalue weighted by atomic mass is 9.67. The Balaban J connectivity index is 1.65. The van der Waals surface area contributed by atoms with Gasteiger partial charge in [-0.25, -0.2) is 14.8 Å². The molecule has 8 heteroatoms. The van der Waals surface area contributed by atoms with Gasteiger partial charge in [0.15, 0.2) is 5.69 Å². The first-order valence-electron chi connectivity index (χ1n) is 9.88. The summed E-state index contributed by atoms with van der Waals surface area (Å²) >= 11 is 1.26. The predicted molar refractivity (Wildman–Crippen MR) is 112 cm³/mol. The molecule has 0 radical (unpaired) electrons. The fourth-order valence-electron chi connectivity index (χ4n) is 4.73. The Morgan fingerprint density at radius 1 is 1.34 bits per heavy atom. The Bertz CT molecular complexity index is 1210. The quantitative estimate of drug-likeness (QED) is 0.678. The van der Waals surface area contributed by atoms with Gasteiger partial charge in [0.2, 0.25) is 0 Å². The second-order valence-electron chi connectivity index (χ2n) is 8.23. The van der Waals surface area contributed by atoms with Crippen LogP contribution in [-0.2, 0) is 12.0 Å². The number of aromatic carboxylic acids is 1. The minimum absolute atomic E-state index is 0.0150. The number of nitrogens with one attached hydrogen (secondary N) is 1. The molecule has 1 spiro atoms. The molecule has 0 unspecified atom stereocenters. The Morgan fingerprint density at radius 3 is 2.83 bits per heavy atom. The van der Waals surface area contributed by atoms with E-state index in [2.05, 4.69) is 10.3 Å². The second-order valence-corrected chi connectivity index (χ2v) is 9.08. The lowest BCUT2D eigenvalue weighted by Crippen LogP contribution is -2.34. The molecule has 1 saturated carbocycles. The molecule has 1 aliphatic carbocycles. The molecule has 1 aromatic carbocycles. The van der Waals surface area contributed by atoms with E-state index in [1.54, 1.807) is 0 Å². The number of hydrogen-bond acceptors (Lipinski definition) is 6. The van der Waals surface area contributed by atoms with Crippen LogP contribution in [0.1, 0.15) is 66.1 Å². The molecule has 7 nitrogen and oxygen atoms in total. The minimum atomic E-state index is -1.06. The van der Waals surface area contributed by atoms with Crippen molar-refractivity contribution in [3.63, 3.8) is 0 Å². The molecule has 0 saturated heterocycles. The first-order valence-corrected chi connectivity index (χ1v) is 10.8. The lowest BCUT2D eigenvalue weighted by Gasteiger charge is -2.37. The summed E-state index contributed by atoms with van der Waals surface area (Å²) < 4.78 is 1.87. The molecule has 2 aliphatic rings. The summed E-state index contributed by atoms with van der Waals surface area (Å²) in [5, 5.41) is 13.7. The van der Waals surface area contributed by atoms with Crippen LogP contribution in [0.2, 0.25) is 0 Å². The SMILES string of the molecule is Cc1cc([C@@H](C)Nc2scnc2C(=O)O)c2nc3n(c(=O)c2c1)CCC31CCC1. The zero-order valence-electron chi connectivity index (χ0n) is 16.4. The maximum Gasteiger partial charge on any atom is 0.357 e. The number of carboxylic acids is 1. The van der Waals surface area contributed by atoms with Crippen LogP contribution in [0.25, 0.3) is 10.9 Å². The number of aryl methyl sites for hydroxylation is 1. The van der Waals surface area contributed by atoms with Gasteiger partial charge in [-0.2, -0.15) is 0 Å². The standard InChI is InChI=1S/C21H22N4O3S/c1-11-8-13(12(2)23-17-16(19(27)28)22-10-29-17)15-14(9-11)18(26)25-7-6-21(4-3-5-21)20(25)24-15/h8-10,12,23H,3-7H2,1-2H3,(H,27,28)/t12-/m1/s1. The Labute approximate surface area is 171 Å². The van der Waals surface area contributed by atoms with E-state index in [0.29, 0.717) is 10.4 Å². The van der Waals surface area contributed by atoms with Gasteiger partial charge in [0, 0.05) is 17.5 Å². The number of benzene rings is 1. The average molecular weight is 410 g/mol. The summed E-state index contributed by atoms with van der Waals surface area (Å²) in [6, 6.07) is 3.73. The van der Waals surface area contributed by atoms with Gasteiger partial charge < -0.3 is 10.4 Å². The van der Waals surface area contributed by atoms with Crippen molar-refractivity contribution in [2.45, 2.75) is 57.5 Å². The molecule has 3 aromatic rings. The van der Waals surface area contributed by atoms with Gasteiger partial charge >= 0.3 is 5.97 Å². The van der Waals surface area contributed by atoms with E-state index >= 15 is 0 Å². The number of thiazole rings is 1. The number of nitrogens with zero attached hydrogens (tertiary/aromatic N) is 3. The van der Waals surface area contributed by atoms with Crippen molar-refractivity contribution in [2.75, 3.05) is 5.32 Å². The molecule has 3 heterocycles. The van der Waals surface area contributed by atoms with Crippen LogP contribution in [0.5, 0.6) is 0 Å². The van der Waals surface area contributed by atoms with Gasteiger partial charge in [-0.3, -0.25) is 9.36 Å². The molecule has 0 amide bonds. The van der Waals surface area contributed by atoms with Crippen molar-refractivity contribution in [1.82, 2.24) is 14.5 Å². The van der Waals surface area contributed by atoms with Crippen molar-refractivity contribution in [3.8, 4) is 0 Å². The Morgan fingerprint density at radius 2 is 2.14 bits per heavy atom.